The van der Waals surface area contributed by atoms with Gasteiger partial charge in [-0.3, -0.25) is 9.80 Å². The Balaban J connectivity index is 0.000000183. The van der Waals surface area contributed by atoms with Gasteiger partial charge in [0, 0.05) is 132 Å². The largest absolute Gasteiger partial charge is 0.383 e. The van der Waals surface area contributed by atoms with Crippen LogP contribution in [0.2, 0.25) is 0 Å². The summed E-state index contributed by atoms with van der Waals surface area (Å²) in [5.74, 6) is 3.47. The summed E-state index contributed by atoms with van der Waals surface area (Å²) < 4.78 is 42.6. The van der Waals surface area contributed by atoms with Crippen molar-refractivity contribution in [2.24, 2.45) is 23.7 Å². The van der Waals surface area contributed by atoms with Crippen LogP contribution in [0.25, 0.3) is 0 Å². The molecule has 8 rings (SSSR count). The van der Waals surface area contributed by atoms with Crippen LogP contribution in [0.15, 0.2) is 0 Å². The highest BCUT2D eigenvalue weighted by Crippen LogP contribution is 2.37. The van der Waals surface area contributed by atoms with Gasteiger partial charge < -0.3 is 57.5 Å². The Kier molecular flexibility index (Phi) is 30.0. The lowest BCUT2D eigenvalue weighted by Gasteiger charge is -2.47. The van der Waals surface area contributed by atoms with Gasteiger partial charge in [0.1, 0.15) is 0 Å². The first-order valence-corrected chi connectivity index (χ1v) is 30.4. The first-order chi connectivity index (χ1) is 35.8. The van der Waals surface area contributed by atoms with E-state index in [2.05, 4.69) is 70.9 Å². The number of ether oxygens (including phenoxy) is 8. The van der Waals surface area contributed by atoms with Crippen molar-refractivity contribution in [3.8, 4) is 0 Å². The van der Waals surface area contributed by atoms with Crippen LogP contribution in [-0.2, 0) is 37.9 Å². The van der Waals surface area contributed by atoms with Gasteiger partial charge in [0.05, 0.1) is 49.8 Å². The van der Waals surface area contributed by atoms with Crippen LogP contribution >= 0.6 is 0 Å². The van der Waals surface area contributed by atoms with Gasteiger partial charge in [-0.25, -0.2) is 0 Å². The zero-order valence-electron chi connectivity index (χ0n) is 50.4. The smallest absolute Gasteiger partial charge is 0.0601 e. The molecule has 14 heteroatoms. The summed E-state index contributed by atoms with van der Waals surface area (Å²) in [4.78, 5) is 15.8. The lowest BCUT2D eigenvalue weighted by Crippen LogP contribution is -2.53. The Morgan fingerprint density at radius 1 is 0.365 bits per heavy atom. The van der Waals surface area contributed by atoms with Crippen LogP contribution in [0.3, 0.4) is 0 Å². The van der Waals surface area contributed by atoms with Gasteiger partial charge in [-0.05, 0) is 193 Å². The number of piperidine rings is 2. The molecule has 6 saturated carbocycles. The van der Waals surface area contributed by atoms with E-state index in [1.165, 1.54) is 168 Å². The van der Waals surface area contributed by atoms with Crippen molar-refractivity contribution in [1.29, 1.82) is 0 Å². The monoisotopic (exact) mass is 1050 g/mol. The molecule has 6 aliphatic carbocycles. The number of methoxy groups -OCH3 is 8. The molecule has 0 spiro atoms. The summed E-state index contributed by atoms with van der Waals surface area (Å²) in [7, 11) is 14.6. The SMILES string of the molecule is CCN(CC1CCN(CCOC)CC1)C1CC(OC)C1.CCN(CC1CCN(CCOC)CC1)C1CC(OC)C1.COC1CC(CN(C(C)C)C2CC(OC)C2)C1.COC1CC(CN(C(C)C)C2CC(OC)C2)C1. The minimum absolute atomic E-state index is 0.509. The molecule has 74 heavy (non-hydrogen) atoms. The summed E-state index contributed by atoms with van der Waals surface area (Å²) in [6.07, 6.45) is 23.3. The second kappa shape index (κ2) is 34.6. The Bertz CT molecular complexity index is 1300. The molecule has 0 atom stereocenters. The molecular formula is C60H118N6O8. The molecule has 8 aliphatic rings. The molecule has 0 amide bonds. The van der Waals surface area contributed by atoms with Gasteiger partial charge in [0.25, 0.3) is 0 Å². The van der Waals surface area contributed by atoms with Gasteiger partial charge in [0.15, 0.2) is 0 Å². The first-order valence-electron chi connectivity index (χ1n) is 30.4. The molecule has 0 unspecified atom stereocenters. The topological polar surface area (TPSA) is 93.3 Å². The van der Waals surface area contributed by atoms with Crippen LogP contribution in [0, 0.1) is 23.7 Å². The van der Waals surface area contributed by atoms with Crippen LogP contribution < -0.4 is 0 Å². The van der Waals surface area contributed by atoms with Gasteiger partial charge in [-0.2, -0.15) is 0 Å². The third-order valence-electron chi connectivity index (χ3n) is 19.3. The Hall–Kier alpha value is -0.560. The molecule has 8 fully saturated rings. The number of hydrogen-bond acceptors (Lipinski definition) is 14. The van der Waals surface area contributed by atoms with E-state index < -0.39 is 0 Å². The highest BCUT2D eigenvalue weighted by Gasteiger charge is 2.41. The molecule has 14 nitrogen and oxygen atoms in total. The number of likely N-dealkylation sites (tertiary alicyclic amines) is 2. The lowest BCUT2D eigenvalue weighted by atomic mass is 9.80. The van der Waals surface area contributed by atoms with Crippen molar-refractivity contribution in [2.75, 3.05) is 149 Å². The van der Waals surface area contributed by atoms with Gasteiger partial charge in [0.2, 0.25) is 0 Å². The van der Waals surface area contributed by atoms with Gasteiger partial charge in [-0.1, -0.05) is 13.8 Å². The van der Waals surface area contributed by atoms with E-state index in [9.17, 15) is 0 Å². The molecule has 436 valence electrons. The molecule has 2 saturated heterocycles. The maximum absolute atomic E-state index is 5.41. The normalized spacial score (nSPS) is 32.6. The zero-order valence-corrected chi connectivity index (χ0v) is 50.4. The fraction of sp³-hybridized carbons (Fsp3) is 1.00. The molecule has 0 radical (unpaired) electrons. The van der Waals surface area contributed by atoms with Crippen molar-refractivity contribution >= 4 is 0 Å². The summed E-state index contributed by atoms with van der Waals surface area (Å²) >= 11 is 0. The van der Waals surface area contributed by atoms with Gasteiger partial charge >= 0.3 is 0 Å². The van der Waals surface area contributed by atoms with Crippen molar-refractivity contribution in [3.63, 3.8) is 0 Å². The fourth-order valence-electron chi connectivity index (χ4n) is 13.2. The fourth-order valence-corrected chi connectivity index (χ4v) is 13.2. The molecule has 0 aromatic rings. The summed E-state index contributed by atoms with van der Waals surface area (Å²) in [5, 5.41) is 0. The van der Waals surface area contributed by atoms with E-state index in [4.69, 9.17) is 37.9 Å². The van der Waals surface area contributed by atoms with Crippen LogP contribution in [0.5, 0.6) is 0 Å². The average molecular weight is 1050 g/mol. The maximum Gasteiger partial charge on any atom is 0.0601 e. The predicted octanol–water partition coefficient (Wildman–Crippen LogP) is 8.29. The molecule has 2 heterocycles. The maximum atomic E-state index is 5.41. The highest BCUT2D eigenvalue weighted by molar-refractivity contribution is 4.95. The van der Waals surface area contributed by atoms with E-state index in [0.717, 1.165) is 74.1 Å². The van der Waals surface area contributed by atoms with E-state index >= 15 is 0 Å². The summed E-state index contributed by atoms with van der Waals surface area (Å²) in [6, 6.07) is 4.36. The Labute approximate surface area is 455 Å². The molecule has 0 bridgehead atoms. The van der Waals surface area contributed by atoms with Crippen molar-refractivity contribution in [1.82, 2.24) is 29.4 Å². The van der Waals surface area contributed by atoms with E-state index in [-0.39, 0.29) is 0 Å². The van der Waals surface area contributed by atoms with E-state index in [1.54, 1.807) is 14.2 Å². The number of nitrogens with zero attached hydrogens (tertiary/aromatic N) is 6. The highest BCUT2D eigenvalue weighted by atomic mass is 16.5. The number of hydrogen-bond donors (Lipinski definition) is 0. The van der Waals surface area contributed by atoms with E-state index in [1.807, 2.05) is 42.7 Å². The third-order valence-corrected chi connectivity index (χ3v) is 19.3. The van der Waals surface area contributed by atoms with Crippen LogP contribution in [-0.4, -0.2) is 251 Å². The number of rotatable bonds is 28. The van der Waals surface area contributed by atoms with Gasteiger partial charge in [-0.15, -0.1) is 0 Å². The third kappa shape index (κ3) is 20.5. The van der Waals surface area contributed by atoms with Crippen molar-refractivity contribution < 1.29 is 37.9 Å². The molecule has 0 aromatic carbocycles. The standard InChI is InChI=1S/2C16H32N2O2.2C14H27NO2/c2*1-4-18(15-11-16(12-15)20-3)13-14-5-7-17(8-6-14)9-10-19-2;2*1-10(2)15(12-7-14(8-12)17-4)9-11-5-13(6-11)16-3/h2*14-16H,4-13H2,1-3H3;2*10-14H,5-9H2,1-4H3. The molecule has 0 aromatic heterocycles. The molecule has 0 N–H and O–H groups in total. The van der Waals surface area contributed by atoms with Crippen LogP contribution in [0.1, 0.15) is 144 Å². The molecular weight excluding hydrogens is 933 g/mol. The van der Waals surface area contributed by atoms with E-state index in [0.29, 0.717) is 48.7 Å². The summed E-state index contributed by atoms with van der Waals surface area (Å²) in [6.45, 7) is 30.2. The second-order valence-electron chi connectivity index (χ2n) is 24.6. The van der Waals surface area contributed by atoms with Crippen molar-refractivity contribution in [2.45, 2.75) is 217 Å². The minimum Gasteiger partial charge on any atom is -0.383 e. The van der Waals surface area contributed by atoms with Crippen LogP contribution in [0.4, 0.5) is 0 Å². The minimum atomic E-state index is 0.509. The first kappa shape index (κ1) is 64.3. The second-order valence-corrected chi connectivity index (χ2v) is 24.6. The Morgan fingerprint density at radius 2 is 0.635 bits per heavy atom. The quantitative estimate of drug-likeness (QED) is 0.0753. The van der Waals surface area contributed by atoms with Crippen molar-refractivity contribution in [3.05, 3.63) is 0 Å². The zero-order chi connectivity index (χ0) is 53.6. The molecule has 2 aliphatic heterocycles. The average Bonchev–Trinajstić information content (AvgIpc) is 3.32. The Morgan fingerprint density at radius 3 is 0.878 bits per heavy atom. The predicted molar refractivity (Wildman–Crippen MR) is 303 cm³/mol. The summed E-state index contributed by atoms with van der Waals surface area (Å²) in [5.41, 5.74) is 0. The lowest BCUT2D eigenvalue weighted by molar-refractivity contribution is -0.0624.